The SMILES string of the molecule is CC1(C)c2ccccc2-c2ccc(-c3c4ccc(N5c6ccccc6C=Cc6ccccc65)cc4c(-c4ccc5ccccc5c4)c4ccc(N5c6ccccc6C=Cc6ccccc65)cc34)cc21. The molecule has 0 atom stereocenters. The van der Waals surface area contributed by atoms with Crippen molar-refractivity contribution in [3.05, 3.63) is 252 Å². The molecule has 0 saturated carbocycles. The van der Waals surface area contributed by atoms with E-state index < -0.39 is 0 Å². The van der Waals surface area contributed by atoms with E-state index in [4.69, 9.17) is 0 Å². The molecule has 11 aromatic carbocycles. The minimum Gasteiger partial charge on any atom is -0.309 e. The average molecular weight is 879 g/mol. The standard InChI is InChI=1S/C67H46N2/c1-67(2)59-22-10-9-21-53(59)54-36-33-50(40-60(54)67)66-56-38-35-51(68-61-23-11-5-16-44(61)28-29-45-17-6-12-24-62(45)68)41-57(56)65(49-32-27-43-15-3-4-20-48(43)39-49)55-37-34-52(42-58(55)66)69-63-25-13-7-18-46(63)30-31-47-19-8-14-26-64(47)69/h3-42H,1-2H3. The van der Waals surface area contributed by atoms with Crippen LogP contribution in [-0.4, -0.2) is 0 Å². The molecule has 0 saturated heterocycles. The van der Waals surface area contributed by atoms with Crippen molar-refractivity contribution in [2.75, 3.05) is 9.80 Å². The van der Waals surface area contributed by atoms with E-state index in [1.165, 1.54) is 99.1 Å². The van der Waals surface area contributed by atoms with Crippen molar-refractivity contribution in [2.24, 2.45) is 0 Å². The van der Waals surface area contributed by atoms with E-state index in [0.29, 0.717) is 0 Å². The van der Waals surface area contributed by atoms with E-state index >= 15 is 0 Å². The second-order valence-corrected chi connectivity index (χ2v) is 19.3. The van der Waals surface area contributed by atoms with Crippen LogP contribution in [0.1, 0.15) is 47.2 Å². The minimum atomic E-state index is -0.162. The van der Waals surface area contributed by atoms with Gasteiger partial charge in [0.1, 0.15) is 0 Å². The monoisotopic (exact) mass is 878 g/mol. The molecule has 324 valence electrons. The van der Waals surface area contributed by atoms with Gasteiger partial charge in [0.05, 0.1) is 22.7 Å². The highest BCUT2D eigenvalue weighted by atomic mass is 15.2. The number of para-hydroxylation sites is 4. The van der Waals surface area contributed by atoms with E-state index in [9.17, 15) is 0 Å². The van der Waals surface area contributed by atoms with E-state index in [1.54, 1.807) is 0 Å². The average Bonchev–Trinajstić information content (AvgIpc) is 3.51. The fourth-order valence-electron chi connectivity index (χ4n) is 11.8. The summed E-state index contributed by atoms with van der Waals surface area (Å²) < 4.78 is 0. The normalized spacial score (nSPS) is 13.9. The molecule has 0 N–H and O–H groups in total. The van der Waals surface area contributed by atoms with Crippen molar-refractivity contribution in [1.82, 2.24) is 0 Å². The minimum absolute atomic E-state index is 0.162. The molecular formula is C67H46N2. The van der Waals surface area contributed by atoms with Crippen molar-refractivity contribution >= 4 is 90.7 Å². The molecular weight excluding hydrogens is 833 g/mol. The molecule has 2 heterocycles. The third kappa shape index (κ3) is 6.05. The topological polar surface area (TPSA) is 6.48 Å². The van der Waals surface area contributed by atoms with Gasteiger partial charge in [0.25, 0.3) is 0 Å². The van der Waals surface area contributed by atoms with Crippen LogP contribution in [0.5, 0.6) is 0 Å². The van der Waals surface area contributed by atoms with Gasteiger partial charge in [0.2, 0.25) is 0 Å². The Labute approximate surface area is 403 Å². The number of nitrogens with zero attached hydrogens (tertiary/aromatic N) is 2. The van der Waals surface area contributed by atoms with Crippen molar-refractivity contribution in [3.63, 3.8) is 0 Å². The Morgan fingerprint density at radius 3 is 1.26 bits per heavy atom. The second-order valence-electron chi connectivity index (χ2n) is 19.3. The highest BCUT2D eigenvalue weighted by Gasteiger charge is 2.36. The third-order valence-electron chi connectivity index (χ3n) is 15.1. The Kier molecular flexibility index (Phi) is 8.66. The third-order valence-corrected chi connectivity index (χ3v) is 15.1. The summed E-state index contributed by atoms with van der Waals surface area (Å²) in [6.45, 7) is 4.78. The number of rotatable bonds is 4. The van der Waals surface area contributed by atoms with Crippen LogP contribution in [0.25, 0.3) is 90.0 Å². The maximum atomic E-state index is 2.51. The first-order valence-electron chi connectivity index (χ1n) is 24.1. The zero-order valence-corrected chi connectivity index (χ0v) is 38.5. The van der Waals surface area contributed by atoms with E-state index in [0.717, 1.165) is 34.1 Å². The summed E-state index contributed by atoms with van der Waals surface area (Å²) in [6.07, 6.45) is 9.02. The molecule has 2 aliphatic heterocycles. The van der Waals surface area contributed by atoms with Gasteiger partial charge < -0.3 is 9.80 Å². The van der Waals surface area contributed by atoms with Gasteiger partial charge >= 0.3 is 0 Å². The first-order valence-corrected chi connectivity index (χ1v) is 24.1. The van der Waals surface area contributed by atoms with Crippen molar-refractivity contribution < 1.29 is 0 Å². The van der Waals surface area contributed by atoms with E-state index in [-0.39, 0.29) is 5.41 Å². The Hall–Kier alpha value is -8.72. The van der Waals surface area contributed by atoms with Crippen LogP contribution in [0.2, 0.25) is 0 Å². The van der Waals surface area contributed by atoms with Crippen LogP contribution >= 0.6 is 0 Å². The highest BCUT2D eigenvalue weighted by molar-refractivity contribution is 6.23. The molecule has 0 aromatic heterocycles. The molecule has 2 nitrogen and oxygen atoms in total. The summed E-state index contributed by atoms with van der Waals surface area (Å²) in [5, 5.41) is 7.31. The summed E-state index contributed by atoms with van der Waals surface area (Å²) in [4.78, 5) is 4.92. The van der Waals surface area contributed by atoms with Gasteiger partial charge in [-0.1, -0.05) is 196 Å². The predicted molar refractivity (Wildman–Crippen MR) is 295 cm³/mol. The van der Waals surface area contributed by atoms with Crippen molar-refractivity contribution in [3.8, 4) is 33.4 Å². The van der Waals surface area contributed by atoms with Crippen LogP contribution in [-0.2, 0) is 5.41 Å². The quantitative estimate of drug-likeness (QED) is 0.163. The summed E-state index contributed by atoms with van der Waals surface area (Å²) in [5.74, 6) is 0. The summed E-state index contributed by atoms with van der Waals surface area (Å²) in [7, 11) is 0. The largest absolute Gasteiger partial charge is 0.309 e. The van der Waals surface area contributed by atoms with Gasteiger partial charge in [-0.15, -0.1) is 0 Å². The molecule has 0 fully saturated rings. The predicted octanol–water partition coefficient (Wildman–Crippen LogP) is 18.7. The zero-order chi connectivity index (χ0) is 45.8. The maximum Gasteiger partial charge on any atom is 0.0534 e. The first kappa shape index (κ1) is 39.4. The number of benzene rings is 11. The smallest absolute Gasteiger partial charge is 0.0534 e. The van der Waals surface area contributed by atoms with Crippen LogP contribution < -0.4 is 9.80 Å². The molecule has 11 aromatic rings. The molecule has 0 radical (unpaired) electrons. The van der Waals surface area contributed by atoms with Crippen LogP contribution in [0.3, 0.4) is 0 Å². The van der Waals surface area contributed by atoms with Crippen LogP contribution in [0.4, 0.5) is 34.1 Å². The highest BCUT2D eigenvalue weighted by Crippen LogP contribution is 2.54. The van der Waals surface area contributed by atoms with Gasteiger partial charge in [-0.3, -0.25) is 0 Å². The Morgan fingerprint density at radius 2 is 0.725 bits per heavy atom. The Bertz CT molecular complexity index is 3920. The van der Waals surface area contributed by atoms with Gasteiger partial charge in [0.15, 0.2) is 0 Å². The lowest BCUT2D eigenvalue weighted by Gasteiger charge is -2.29. The fraction of sp³-hybridized carbons (Fsp3) is 0.0448. The Morgan fingerprint density at radius 1 is 0.304 bits per heavy atom. The van der Waals surface area contributed by atoms with Crippen molar-refractivity contribution in [1.29, 1.82) is 0 Å². The number of anilines is 6. The molecule has 0 amide bonds. The second kappa shape index (κ2) is 15.2. The molecule has 1 aliphatic carbocycles. The summed E-state index contributed by atoms with van der Waals surface area (Å²) in [5.41, 5.74) is 21.7. The van der Waals surface area contributed by atoms with E-state index in [1.807, 2.05) is 0 Å². The molecule has 0 unspecified atom stereocenters. The molecule has 0 bridgehead atoms. The first-order chi connectivity index (χ1) is 34.0. The molecule has 2 heteroatoms. The van der Waals surface area contributed by atoms with Crippen molar-refractivity contribution in [2.45, 2.75) is 19.3 Å². The van der Waals surface area contributed by atoms with Gasteiger partial charge in [0, 0.05) is 16.8 Å². The number of hydrogen-bond acceptors (Lipinski definition) is 2. The molecule has 3 aliphatic rings. The summed E-state index contributed by atoms with van der Waals surface area (Å²) >= 11 is 0. The Balaban J connectivity index is 1.11. The molecule has 14 rings (SSSR count). The zero-order valence-electron chi connectivity index (χ0n) is 38.5. The lowest BCUT2D eigenvalue weighted by atomic mass is 9.80. The summed E-state index contributed by atoms with van der Waals surface area (Å²) in [6, 6.07) is 81.5. The lowest BCUT2D eigenvalue weighted by Crippen LogP contribution is -2.15. The van der Waals surface area contributed by atoms with Gasteiger partial charge in [-0.25, -0.2) is 0 Å². The molecule has 0 spiro atoms. The number of hydrogen-bond donors (Lipinski definition) is 0. The van der Waals surface area contributed by atoms with Crippen LogP contribution in [0.15, 0.2) is 218 Å². The van der Waals surface area contributed by atoms with Crippen LogP contribution in [0, 0.1) is 0 Å². The van der Waals surface area contributed by atoms with E-state index in [2.05, 4.69) is 266 Å². The number of fused-ring (bicyclic) bond motifs is 10. The molecule has 69 heavy (non-hydrogen) atoms. The van der Waals surface area contributed by atoms with Gasteiger partial charge in [-0.05, 0) is 160 Å². The fourth-order valence-corrected chi connectivity index (χ4v) is 11.8. The van der Waals surface area contributed by atoms with Gasteiger partial charge in [-0.2, -0.15) is 0 Å². The lowest BCUT2D eigenvalue weighted by molar-refractivity contribution is 0.660. The maximum absolute atomic E-state index is 2.51.